The summed E-state index contributed by atoms with van der Waals surface area (Å²) in [6.45, 7) is 0.958. The first kappa shape index (κ1) is 23.3. The van der Waals surface area contributed by atoms with Crippen molar-refractivity contribution in [2.45, 2.75) is 17.4 Å². The summed E-state index contributed by atoms with van der Waals surface area (Å²) in [5.41, 5.74) is -0.292. The molecule has 32 heavy (non-hydrogen) atoms. The minimum atomic E-state index is -4.34. The number of piperazine rings is 1. The number of methoxy groups -OCH3 is 1. The number of carbonyl (C=O) groups is 1. The molecule has 0 aliphatic carbocycles. The van der Waals surface area contributed by atoms with Gasteiger partial charge in [-0.3, -0.25) is 14.4 Å². The van der Waals surface area contributed by atoms with Gasteiger partial charge in [0.1, 0.15) is 5.75 Å². The smallest absolute Gasteiger partial charge is 0.407 e. The Labute approximate surface area is 185 Å². The number of nitrogens with zero attached hydrogens (tertiary/aromatic N) is 3. The molecule has 1 fully saturated rings. The van der Waals surface area contributed by atoms with Gasteiger partial charge >= 0.3 is 6.09 Å². The van der Waals surface area contributed by atoms with Crippen LogP contribution in [0.15, 0.2) is 53.4 Å². The van der Waals surface area contributed by atoms with E-state index in [1.165, 1.54) is 30.2 Å². The van der Waals surface area contributed by atoms with E-state index in [0.717, 1.165) is 10.4 Å². The standard InChI is InChI=1S/C20H24N4O7S/c1-31-18-8-4-2-6-16(18)23(12-10-15-14-22(20(25)26)13-11-21-15)32(29,30)19-9-5-3-7-17(19)24(27)28/h2-9,15,21H,10-14H2,1H3,(H,25,26). The van der Waals surface area contributed by atoms with Crippen molar-refractivity contribution >= 4 is 27.5 Å². The van der Waals surface area contributed by atoms with Crippen LogP contribution in [0.2, 0.25) is 0 Å². The van der Waals surface area contributed by atoms with Crippen LogP contribution >= 0.6 is 0 Å². The summed E-state index contributed by atoms with van der Waals surface area (Å²) in [6, 6.07) is 11.4. The highest BCUT2D eigenvalue weighted by molar-refractivity contribution is 7.93. The number of para-hydroxylation sites is 3. The van der Waals surface area contributed by atoms with Gasteiger partial charge in [-0.1, -0.05) is 24.3 Å². The van der Waals surface area contributed by atoms with E-state index in [4.69, 9.17) is 4.74 Å². The van der Waals surface area contributed by atoms with Crippen LogP contribution in [0, 0.1) is 10.1 Å². The Bertz CT molecular complexity index is 1090. The Kier molecular flexibility index (Phi) is 7.15. The van der Waals surface area contributed by atoms with Gasteiger partial charge in [0, 0.05) is 38.3 Å². The summed E-state index contributed by atoms with van der Waals surface area (Å²) in [5, 5.41) is 23.9. The molecule has 0 spiro atoms. The van der Waals surface area contributed by atoms with Gasteiger partial charge in [-0.05, 0) is 24.6 Å². The number of carboxylic acid groups (broad SMARTS) is 1. The van der Waals surface area contributed by atoms with E-state index >= 15 is 0 Å². The highest BCUT2D eigenvalue weighted by Crippen LogP contribution is 2.35. The van der Waals surface area contributed by atoms with E-state index in [1.54, 1.807) is 24.3 Å². The maximum atomic E-state index is 13.6. The Balaban J connectivity index is 1.98. The van der Waals surface area contributed by atoms with E-state index in [0.29, 0.717) is 18.8 Å². The van der Waals surface area contributed by atoms with Crippen LogP contribution in [0.4, 0.5) is 16.2 Å². The predicted molar refractivity (Wildman–Crippen MR) is 117 cm³/mol. The molecule has 1 aliphatic heterocycles. The van der Waals surface area contributed by atoms with Crippen molar-refractivity contribution < 1.29 is 28.0 Å². The molecule has 1 atom stereocenters. The van der Waals surface area contributed by atoms with Crippen molar-refractivity contribution in [2.75, 3.05) is 37.6 Å². The molecule has 11 nitrogen and oxygen atoms in total. The summed E-state index contributed by atoms with van der Waals surface area (Å²) in [6.07, 6.45) is -0.757. The van der Waals surface area contributed by atoms with E-state index < -0.39 is 31.6 Å². The lowest BCUT2D eigenvalue weighted by molar-refractivity contribution is -0.387. The second-order valence-electron chi connectivity index (χ2n) is 7.14. The molecule has 3 rings (SSSR count). The lowest BCUT2D eigenvalue weighted by Gasteiger charge is -2.33. The number of rotatable bonds is 8. The molecule has 2 aromatic carbocycles. The van der Waals surface area contributed by atoms with Gasteiger partial charge in [0.05, 0.1) is 17.7 Å². The minimum absolute atomic E-state index is 0.0418. The van der Waals surface area contributed by atoms with Crippen LogP contribution in [0.3, 0.4) is 0 Å². The van der Waals surface area contributed by atoms with Gasteiger partial charge in [0.2, 0.25) is 0 Å². The number of nitro groups is 1. The van der Waals surface area contributed by atoms with Crippen molar-refractivity contribution in [1.29, 1.82) is 0 Å². The third kappa shape index (κ3) is 4.92. The van der Waals surface area contributed by atoms with Gasteiger partial charge in [-0.2, -0.15) is 0 Å². The van der Waals surface area contributed by atoms with E-state index in [2.05, 4.69) is 5.32 Å². The second-order valence-corrected chi connectivity index (χ2v) is 8.97. The average molecular weight is 465 g/mol. The maximum absolute atomic E-state index is 13.6. The Morgan fingerprint density at radius 1 is 1.28 bits per heavy atom. The fourth-order valence-corrected chi connectivity index (χ4v) is 5.27. The van der Waals surface area contributed by atoms with Crippen molar-refractivity contribution in [1.82, 2.24) is 10.2 Å². The number of amides is 1. The molecule has 1 saturated heterocycles. The van der Waals surface area contributed by atoms with Gasteiger partial charge < -0.3 is 20.1 Å². The van der Waals surface area contributed by atoms with Crippen molar-refractivity contribution in [3.63, 3.8) is 0 Å². The highest BCUT2D eigenvalue weighted by atomic mass is 32.2. The van der Waals surface area contributed by atoms with Gasteiger partial charge in [-0.25, -0.2) is 13.2 Å². The van der Waals surface area contributed by atoms with E-state index in [-0.39, 0.29) is 31.2 Å². The number of ether oxygens (including phenoxy) is 1. The first-order chi connectivity index (χ1) is 15.3. The number of hydrogen-bond donors (Lipinski definition) is 2. The molecule has 12 heteroatoms. The molecule has 1 heterocycles. The van der Waals surface area contributed by atoms with Crippen LogP contribution in [-0.2, 0) is 10.0 Å². The predicted octanol–water partition coefficient (Wildman–Crippen LogP) is 2.14. The van der Waals surface area contributed by atoms with Crippen LogP contribution in [-0.4, -0.2) is 68.8 Å². The number of nitro benzene ring substituents is 1. The lowest BCUT2D eigenvalue weighted by Crippen LogP contribution is -2.53. The summed E-state index contributed by atoms with van der Waals surface area (Å²) in [7, 11) is -2.93. The number of benzene rings is 2. The lowest BCUT2D eigenvalue weighted by atomic mass is 10.1. The zero-order valence-corrected chi connectivity index (χ0v) is 18.2. The van der Waals surface area contributed by atoms with Crippen LogP contribution in [0.25, 0.3) is 0 Å². The topological polar surface area (TPSA) is 142 Å². The molecule has 1 unspecified atom stereocenters. The third-order valence-corrected chi connectivity index (χ3v) is 7.05. The molecule has 0 bridgehead atoms. The normalized spacial score (nSPS) is 16.4. The second kappa shape index (κ2) is 9.83. The molecular weight excluding hydrogens is 440 g/mol. The average Bonchev–Trinajstić information content (AvgIpc) is 2.79. The van der Waals surface area contributed by atoms with Gasteiger partial charge in [0.25, 0.3) is 15.7 Å². The molecule has 2 aromatic rings. The summed E-state index contributed by atoms with van der Waals surface area (Å²) in [4.78, 5) is 22.9. The monoisotopic (exact) mass is 464 g/mol. The van der Waals surface area contributed by atoms with Gasteiger partial charge in [-0.15, -0.1) is 0 Å². The van der Waals surface area contributed by atoms with Crippen molar-refractivity contribution in [3.05, 3.63) is 58.6 Å². The number of anilines is 1. The van der Waals surface area contributed by atoms with Crippen LogP contribution in [0.1, 0.15) is 6.42 Å². The fraction of sp³-hybridized carbons (Fsp3) is 0.350. The van der Waals surface area contributed by atoms with Crippen molar-refractivity contribution in [2.24, 2.45) is 0 Å². The summed E-state index contributed by atoms with van der Waals surface area (Å²) < 4.78 is 33.6. The first-order valence-corrected chi connectivity index (χ1v) is 11.3. The molecule has 1 amide bonds. The quantitative estimate of drug-likeness (QED) is 0.447. The van der Waals surface area contributed by atoms with Crippen LogP contribution in [0.5, 0.6) is 5.75 Å². The van der Waals surface area contributed by atoms with E-state index in [9.17, 15) is 28.4 Å². The Hall–Kier alpha value is -3.38. The van der Waals surface area contributed by atoms with Crippen LogP contribution < -0.4 is 14.4 Å². The molecule has 2 N–H and O–H groups in total. The fourth-order valence-electron chi connectivity index (χ4n) is 3.62. The highest BCUT2D eigenvalue weighted by Gasteiger charge is 2.34. The number of hydrogen-bond acceptors (Lipinski definition) is 7. The minimum Gasteiger partial charge on any atom is -0.495 e. The maximum Gasteiger partial charge on any atom is 0.407 e. The SMILES string of the molecule is COc1ccccc1N(CCC1CN(C(=O)O)CCN1)S(=O)(=O)c1ccccc1[N+](=O)[O-]. The molecule has 1 aliphatic rings. The van der Waals surface area contributed by atoms with Crippen molar-refractivity contribution in [3.8, 4) is 5.75 Å². The zero-order chi connectivity index (χ0) is 23.3. The Morgan fingerprint density at radius 3 is 2.66 bits per heavy atom. The largest absolute Gasteiger partial charge is 0.495 e. The zero-order valence-electron chi connectivity index (χ0n) is 17.4. The molecule has 0 saturated carbocycles. The van der Waals surface area contributed by atoms with E-state index in [1.807, 2.05) is 0 Å². The molecule has 0 aromatic heterocycles. The molecule has 172 valence electrons. The number of nitrogens with one attached hydrogen (secondary N) is 1. The number of sulfonamides is 1. The third-order valence-electron chi connectivity index (χ3n) is 5.19. The Morgan fingerprint density at radius 2 is 1.97 bits per heavy atom. The van der Waals surface area contributed by atoms with Gasteiger partial charge in [0.15, 0.2) is 4.90 Å². The molecule has 0 radical (unpaired) electrons. The summed E-state index contributed by atoms with van der Waals surface area (Å²) >= 11 is 0. The first-order valence-electron chi connectivity index (χ1n) is 9.86. The summed E-state index contributed by atoms with van der Waals surface area (Å²) in [5.74, 6) is 0.290. The molecular formula is C20H24N4O7S.